The van der Waals surface area contributed by atoms with Gasteiger partial charge in [0.05, 0.1) is 5.56 Å². The molecule has 2 N–H and O–H groups in total. The minimum Gasteiger partial charge on any atom is -0.508 e. The Balaban J connectivity index is 1.51. The summed E-state index contributed by atoms with van der Waals surface area (Å²) in [5.41, 5.74) is 2.22. The number of carbonyl (C=O) groups excluding carboxylic acids is 2. The lowest BCUT2D eigenvalue weighted by atomic mass is 10.0. The standard InChI is InChI=1S/C29H29FN6O3/c1-19-10-14-22(15-11-19)36(26(38)18-35-33-28(32-34-35)24-8-4-5-9-25(24)30)27(20-12-16-23(37)17-13-20)29(39)31-21-6-2-3-7-21/h4-5,8-17,21,27,37H,2-3,6-7,18H2,1H3,(H,31,39)/t27-/m1/s1. The van der Waals surface area contributed by atoms with Gasteiger partial charge in [-0.05, 0) is 66.9 Å². The number of halogens is 1. The fraction of sp³-hybridized carbons (Fsp3) is 0.276. The Labute approximate surface area is 225 Å². The summed E-state index contributed by atoms with van der Waals surface area (Å²) in [6, 6.07) is 18.6. The maximum Gasteiger partial charge on any atom is 0.251 e. The zero-order valence-electron chi connectivity index (χ0n) is 21.5. The quantitative estimate of drug-likeness (QED) is 0.352. The van der Waals surface area contributed by atoms with Gasteiger partial charge in [0.2, 0.25) is 11.7 Å². The molecule has 0 unspecified atom stereocenters. The Morgan fingerprint density at radius 1 is 1.05 bits per heavy atom. The monoisotopic (exact) mass is 528 g/mol. The second-order valence-electron chi connectivity index (χ2n) is 9.71. The number of amides is 2. The van der Waals surface area contributed by atoms with Gasteiger partial charge in [0, 0.05) is 11.7 Å². The molecule has 0 spiro atoms. The van der Waals surface area contributed by atoms with Gasteiger partial charge in [-0.15, -0.1) is 10.2 Å². The van der Waals surface area contributed by atoms with E-state index in [9.17, 15) is 19.1 Å². The molecule has 1 aliphatic carbocycles. The van der Waals surface area contributed by atoms with Crippen LogP contribution in [0.25, 0.3) is 11.4 Å². The number of hydrogen-bond donors (Lipinski definition) is 2. The fourth-order valence-corrected chi connectivity index (χ4v) is 4.82. The fourth-order valence-electron chi connectivity index (χ4n) is 4.82. The lowest BCUT2D eigenvalue weighted by molar-refractivity contribution is -0.127. The van der Waals surface area contributed by atoms with Crippen molar-refractivity contribution in [3.63, 3.8) is 0 Å². The van der Waals surface area contributed by atoms with Crippen LogP contribution in [0, 0.1) is 12.7 Å². The van der Waals surface area contributed by atoms with Crippen molar-refractivity contribution in [2.24, 2.45) is 0 Å². The molecule has 0 saturated heterocycles. The summed E-state index contributed by atoms with van der Waals surface area (Å²) in [4.78, 5) is 30.2. The van der Waals surface area contributed by atoms with E-state index < -0.39 is 17.8 Å². The Morgan fingerprint density at radius 3 is 2.44 bits per heavy atom. The van der Waals surface area contributed by atoms with Crippen LogP contribution in [0.5, 0.6) is 5.75 Å². The third kappa shape index (κ3) is 5.95. The molecule has 1 aliphatic rings. The zero-order chi connectivity index (χ0) is 27.4. The molecule has 4 aromatic rings. The predicted octanol–water partition coefficient (Wildman–Crippen LogP) is 4.33. The maximum absolute atomic E-state index is 14.3. The molecule has 5 rings (SSSR count). The van der Waals surface area contributed by atoms with E-state index in [-0.39, 0.29) is 35.6 Å². The van der Waals surface area contributed by atoms with E-state index in [2.05, 4.69) is 20.7 Å². The van der Waals surface area contributed by atoms with E-state index in [4.69, 9.17) is 0 Å². The van der Waals surface area contributed by atoms with Gasteiger partial charge in [-0.3, -0.25) is 14.5 Å². The molecule has 9 nitrogen and oxygen atoms in total. The number of hydrogen-bond acceptors (Lipinski definition) is 6. The number of anilines is 1. The smallest absolute Gasteiger partial charge is 0.251 e. The molecule has 0 aliphatic heterocycles. The molecule has 1 fully saturated rings. The molecule has 0 bridgehead atoms. The third-order valence-electron chi connectivity index (χ3n) is 6.84. The highest BCUT2D eigenvalue weighted by molar-refractivity contribution is 6.01. The highest BCUT2D eigenvalue weighted by Crippen LogP contribution is 2.31. The van der Waals surface area contributed by atoms with Crippen LogP contribution in [-0.2, 0) is 16.1 Å². The Hall–Kier alpha value is -4.60. The van der Waals surface area contributed by atoms with Gasteiger partial charge in [0.15, 0.2) is 0 Å². The number of nitrogens with one attached hydrogen (secondary N) is 1. The molecule has 2 amide bonds. The minimum absolute atomic E-state index is 0.0346. The first kappa shape index (κ1) is 26.0. The summed E-state index contributed by atoms with van der Waals surface area (Å²) in [5.74, 6) is -1.18. The van der Waals surface area contributed by atoms with Crippen LogP contribution in [0.2, 0.25) is 0 Å². The van der Waals surface area contributed by atoms with Crippen molar-refractivity contribution in [1.82, 2.24) is 25.5 Å². The lowest BCUT2D eigenvalue weighted by Crippen LogP contribution is -2.47. The molecule has 1 saturated carbocycles. The number of phenolic OH excluding ortho intramolecular Hbond substituents is 1. The molecule has 3 aromatic carbocycles. The summed E-state index contributed by atoms with van der Waals surface area (Å²) >= 11 is 0. The number of aromatic hydroxyl groups is 1. The molecule has 200 valence electrons. The molecule has 1 atom stereocenters. The molecule has 1 heterocycles. The number of carbonyl (C=O) groups is 2. The van der Waals surface area contributed by atoms with Crippen molar-refractivity contribution in [2.45, 2.75) is 51.2 Å². The average Bonchev–Trinajstić information content (AvgIpc) is 3.61. The highest BCUT2D eigenvalue weighted by atomic mass is 19.1. The van der Waals surface area contributed by atoms with Crippen LogP contribution in [0.15, 0.2) is 72.8 Å². The van der Waals surface area contributed by atoms with E-state index in [1.165, 1.54) is 29.2 Å². The largest absolute Gasteiger partial charge is 0.508 e. The first-order valence-corrected chi connectivity index (χ1v) is 12.9. The topological polar surface area (TPSA) is 113 Å². The summed E-state index contributed by atoms with van der Waals surface area (Å²) in [5, 5.41) is 25.1. The number of aryl methyl sites for hydroxylation is 1. The van der Waals surface area contributed by atoms with Crippen molar-refractivity contribution in [3.8, 4) is 17.1 Å². The molecular weight excluding hydrogens is 499 g/mol. The van der Waals surface area contributed by atoms with Crippen molar-refractivity contribution in [2.75, 3.05) is 4.90 Å². The number of aromatic nitrogens is 4. The zero-order valence-corrected chi connectivity index (χ0v) is 21.5. The third-order valence-corrected chi connectivity index (χ3v) is 6.84. The summed E-state index contributed by atoms with van der Waals surface area (Å²) in [7, 11) is 0. The van der Waals surface area contributed by atoms with Gasteiger partial charge in [-0.25, -0.2) is 4.39 Å². The lowest BCUT2D eigenvalue weighted by Gasteiger charge is -2.32. The second kappa shape index (κ2) is 11.4. The molecule has 39 heavy (non-hydrogen) atoms. The number of benzene rings is 3. The van der Waals surface area contributed by atoms with Crippen LogP contribution in [0.3, 0.4) is 0 Å². The van der Waals surface area contributed by atoms with Crippen LogP contribution >= 0.6 is 0 Å². The van der Waals surface area contributed by atoms with E-state index in [1.54, 1.807) is 36.4 Å². The van der Waals surface area contributed by atoms with Crippen LogP contribution in [0.1, 0.15) is 42.9 Å². The Kier molecular flexibility index (Phi) is 7.62. The van der Waals surface area contributed by atoms with E-state index >= 15 is 0 Å². The predicted molar refractivity (Wildman–Crippen MR) is 143 cm³/mol. The number of tetrazole rings is 1. The summed E-state index contributed by atoms with van der Waals surface area (Å²) in [6.07, 6.45) is 3.85. The molecule has 0 radical (unpaired) electrons. The summed E-state index contributed by atoms with van der Waals surface area (Å²) < 4.78 is 14.3. The van der Waals surface area contributed by atoms with E-state index in [1.807, 2.05) is 19.1 Å². The van der Waals surface area contributed by atoms with Crippen molar-refractivity contribution < 1.29 is 19.1 Å². The van der Waals surface area contributed by atoms with Crippen molar-refractivity contribution in [3.05, 3.63) is 89.7 Å². The first-order chi connectivity index (χ1) is 18.9. The highest BCUT2D eigenvalue weighted by Gasteiger charge is 2.34. The van der Waals surface area contributed by atoms with E-state index in [0.717, 1.165) is 36.0 Å². The molecule has 10 heteroatoms. The van der Waals surface area contributed by atoms with Gasteiger partial charge in [-0.1, -0.05) is 54.8 Å². The Morgan fingerprint density at radius 2 is 1.74 bits per heavy atom. The van der Waals surface area contributed by atoms with Crippen molar-refractivity contribution in [1.29, 1.82) is 0 Å². The number of rotatable bonds is 8. The molecular formula is C29H29FN6O3. The van der Waals surface area contributed by atoms with E-state index in [0.29, 0.717) is 11.3 Å². The van der Waals surface area contributed by atoms with Crippen LogP contribution in [0.4, 0.5) is 10.1 Å². The van der Waals surface area contributed by atoms with Crippen molar-refractivity contribution >= 4 is 17.5 Å². The summed E-state index contributed by atoms with van der Waals surface area (Å²) in [6.45, 7) is 1.60. The Bertz CT molecular complexity index is 1450. The average molecular weight is 529 g/mol. The van der Waals surface area contributed by atoms with Gasteiger partial charge < -0.3 is 10.4 Å². The first-order valence-electron chi connectivity index (χ1n) is 12.9. The second-order valence-corrected chi connectivity index (χ2v) is 9.71. The van der Waals surface area contributed by atoms with Gasteiger partial charge >= 0.3 is 0 Å². The van der Waals surface area contributed by atoms with Gasteiger partial charge in [-0.2, -0.15) is 4.80 Å². The normalized spacial score (nSPS) is 14.2. The van der Waals surface area contributed by atoms with Gasteiger partial charge in [0.25, 0.3) is 5.91 Å². The van der Waals surface area contributed by atoms with Crippen LogP contribution < -0.4 is 10.2 Å². The van der Waals surface area contributed by atoms with Crippen LogP contribution in [-0.4, -0.2) is 43.2 Å². The molecule has 1 aromatic heterocycles. The van der Waals surface area contributed by atoms with Gasteiger partial charge in [0.1, 0.15) is 24.2 Å². The minimum atomic E-state index is -1.02. The SMILES string of the molecule is Cc1ccc(N(C(=O)Cn2nnc(-c3ccccc3F)n2)[C@@H](C(=O)NC2CCCC2)c2ccc(O)cc2)cc1. The number of nitrogens with zero attached hydrogens (tertiary/aromatic N) is 5. The maximum atomic E-state index is 14.3. The number of phenols is 1.